The van der Waals surface area contributed by atoms with Crippen molar-refractivity contribution in [1.29, 1.82) is 0 Å². The summed E-state index contributed by atoms with van der Waals surface area (Å²) >= 11 is 0. The Morgan fingerprint density at radius 2 is 1.21 bits per heavy atom. The number of nitrogens with one attached hydrogen (secondary N) is 1. The molecule has 4 rings (SSSR count). The molecule has 0 aliphatic heterocycles. The number of nitrogens with zero attached hydrogens (tertiary/aromatic N) is 1. The molecule has 2 nitrogen and oxygen atoms in total. The van der Waals surface area contributed by atoms with Gasteiger partial charge in [-0.25, -0.2) is 4.39 Å². The van der Waals surface area contributed by atoms with Crippen LogP contribution < -0.4 is 4.90 Å². The number of halogens is 1. The summed E-state index contributed by atoms with van der Waals surface area (Å²) in [7, 11) is 0. The number of aromatic nitrogens is 1. The zero-order valence-corrected chi connectivity index (χ0v) is 16.5. The summed E-state index contributed by atoms with van der Waals surface area (Å²) in [5.41, 5.74) is 4.59. The van der Waals surface area contributed by atoms with Gasteiger partial charge in [-0.1, -0.05) is 78.9 Å². The van der Waals surface area contributed by atoms with Crippen LogP contribution in [-0.4, -0.2) is 4.57 Å². The minimum Gasteiger partial charge on any atom is -0.342 e. The fourth-order valence-electron chi connectivity index (χ4n) is 3.79. The molecule has 0 atom stereocenters. The van der Waals surface area contributed by atoms with E-state index in [0.717, 1.165) is 25.2 Å². The van der Waals surface area contributed by atoms with Gasteiger partial charge in [-0.05, 0) is 18.2 Å². The lowest BCUT2D eigenvalue weighted by Gasteiger charge is -2.21. The Balaban J connectivity index is 1.54. The predicted molar refractivity (Wildman–Crippen MR) is 115 cm³/mol. The van der Waals surface area contributed by atoms with E-state index in [0.29, 0.717) is 6.54 Å². The van der Waals surface area contributed by atoms with Crippen molar-refractivity contribution in [2.45, 2.75) is 26.2 Å². The number of rotatable bonds is 8. The normalized spacial score (nSPS) is 11.1. The van der Waals surface area contributed by atoms with Gasteiger partial charge in [0, 0.05) is 22.9 Å². The SMILES string of the molecule is Fc1ccccc1Cn1cccc1C[NH+](Cc1ccccc1)Cc1ccccc1. The predicted octanol–water partition coefficient (Wildman–Crippen LogP) is 4.46. The van der Waals surface area contributed by atoms with Crippen molar-refractivity contribution >= 4 is 0 Å². The second-order valence-corrected chi connectivity index (χ2v) is 7.47. The molecule has 0 unspecified atom stereocenters. The summed E-state index contributed by atoms with van der Waals surface area (Å²) in [6.07, 6.45) is 2.05. The van der Waals surface area contributed by atoms with E-state index in [1.165, 1.54) is 27.8 Å². The molecule has 0 fully saturated rings. The highest BCUT2D eigenvalue weighted by atomic mass is 19.1. The first-order valence-electron chi connectivity index (χ1n) is 10.1. The lowest BCUT2D eigenvalue weighted by Crippen LogP contribution is -3.08. The smallest absolute Gasteiger partial charge is 0.128 e. The van der Waals surface area contributed by atoms with Gasteiger partial charge >= 0.3 is 0 Å². The van der Waals surface area contributed by atoms with Crippen molar-refractivity contribution in [3.8, 4) is 0 Å². The van der Waals surface area contributed by atoms with Crippen molar-refractivity contribution in [3.05, 3.63) is 131 Å². The largest absolute Gasteiger partial charge is 0.342 e. The molecule has 1 N–H and O–H groups in total. The molecule has 3 heteroatoms. The number of hydrogen-bond acceptors (Lipinski definition) is 0. The third-order valence-electron chi connectivity index (χ3n) is 5.25. The van der Waals surface area contributed by atoms with Gasteiger partial charge in [-0.15, -0.1) is 0 Å². The van der Waals surface area contributed by atoms with E-state index in [9.17, 15) is 4.39 Å². The fourth-order valence-corrected chi connectivity index (χ4v) is 3.79. The van der Waals surface area contributed by atoms with Crippen LogP contribution in [0.4, 0.5) is 4.39 Å². The standard InChI is InChI=1S/C26H25FN2/c27-26-16-8-7-14-24(26)20-29-17-9-15-25(29)21-28(18-22-10-3-1-4-11-22)19-23-12-5-2-6-13-23/h1-17H,18-21H2/p+1. The third-order valence-corrected chi connectivity index (χ3v) is 5.25. The van der Waals surface area contributed by atoms with E-state index in [2.05, 4.69) is 77.4 Å². The maximum atomic E-state index is 14.1. The summed E-state index contributed by atoms with van der Waals surface area (Å²) in [4.78, 5) is 1.45. The Labute approximate surface area is 171 Å². The molecule has 3 aromatic carbocycles. The van der Waals surface area contributed by atoms with Gasteiger partial charge < -0.3 is 9.47 Å². The van der Waals surface area contributed by atoms with Gasteiger partial charge in [-0.2, -0.15) is 0 Å². The van der Waals surface area contributed by atoms with Gasteiger partial charge in [0.05, 0.1) is 12.2 Å². The zero-order valence-electron chi connectivity index (χ0n) is 16.5. The van der Waals surface area contributed by atoms with Gasteiger partial charge in [-0.3, -0.25) is 0 Å². The monoisotopic (exact) mass is 385 g/mol. The van der Waals surface area contributed by atoms with E-state index in [-0.39, 0.29) is 5.82 Å². The van der Waals surface area contributed by atoms with E-state index in [1.807, 2.05) is 18.3 Å². The van der Waals surface area contributed by atoms with Crippen LogP contribution >= 0.6 is 0 Å². The molecule has 0 radical (unpaired) electrons. The molecule has 0 amide bonds. The first kappa shape index (κ1) is 19.2. The van der Waals surface area contributed by atoms with Crippen LogP contribution in [0.2, 0.25) is 0 Å². The molecule has 29 heavy (non-hydrogen) atoms. The molecule has 0 bridgehead atoms. The lowest BCUT2D eigenvalue weighted by atomic mass is 10.1. The summed E-state index contributed by atoms with van der Waals surface area (Å²) in [5.74, 6) is -0.148. The number of benzene rings is 3. The second kappa shape index (κ2) is 9.35. The Morgan fingerprint density at radius 3 is 1.83 bits per heavy atom. The molecular formula is C26H26FN2+. The quantitative estimate of drug-likeness (QED) is 0.459. The fraction of sp³-hybridized carbons (Fsp3) is 0.154. The van der Waals surface area contributed by atoms with Crippen LogP contribution in [0, 0.1) is 5.82 Å². The molecular weight excluding hydrogens is 359 g/mol. The highest BCUT2D eigenvalue weighted by molar-refractivity contribution is 5.20. The first-order chi connectivity index (χ1) is 14.3. The van der Waals surface area contributed by atoms with Crippen molar-refractivity contribution in [1.82, 2.24) is 4.57 Å². The van der Waals surface area contributed by atoms with Crippen LogP contribution in [0.25, 0.3) is 0 Å². The average molecular weight is 386 g/mol. The molecule has 1 heterocycles. The van der Waals surface area contributed by atoms with Crippen LogP contribution in [-0.2, 0) is 26.2 Å². The van der Waals surface area contributed by atoms with Crippen molar-refractivity contribution in [2.75, 3.05) is 0 Å². The summed E-state index contributed by atoms with van der Waals surface area (Å²) in [6.45, 7) is 3.32. The Bertz CT molecular complexity index is 983. The molecule has 146 valence electrons. The van der Waals surface area contributed by atoms with Crippen molar-refractivity contribution < 1.29 is 9.29 Å². The third kappa shape index (κ3) is 5.21. The minimum atomic E-state index is -0.148. The van der Waals surface area contributed by atoms with E-state index < -0.39 is 0 Å². The lowest BCUT2D eigenvalue weighted by molar-refractivity contribution is -0.941. The minimum absolute atomic E-state index is 0.148. The Hall–Kier alpha value is -3.17. The second-order valence-electron chi connectivity index (χ2n) is 7.47. The van der Waals surface area contributed by atoms with Crippen LogP contribution in [0.3, 0.4) is 0 Å². The zero-order chi connectivity index (χ0) is 19.9. The summed E-state index contributed by atoms with van der Waals surface area (Å²) < 4.78 is 16.3. The molecule has 4 aromatic rings. The first-order valence-corrected chi connectivity index (χ1v) is 10.1. The average Bonchev–Trinajstić information content (AvgIpc) is 3.18. The maximum Gasteiger partial charge on any atom is 0.128 e. The Kier molecular flexibility index (Phi) is 6.18. The number of quaternary nitrogens is 1. The van der Waals surface area contributed by atoms with Crippen LogP contribution in [0.5, 0.6) is 0 Å². The molecule has 0 aliphatic carbocycles. The summed E-state index contributed by atoms with van der Waals surface area (Å²) in [6, 6.07) is 32.4. The number of hydrogen-bond donors (Lipinski definition) is 1. The van der Waals surface area contributed by atoms with Gasteiger partial charge in [0.15, 0.2) is 0 Å². The molecule has 0 saturated heterocycles. The van der Waals surface area contributed by atoms with E-state index in [1.54, 1.807) is 6.07 Å². The van der Waals surface area contributed by atoms with Gasteiger partial charge in [0.1, 0.15) is 25.5 Å². The van der Waals surface area contributed by atoms with Crippen molar-refractivity contribution in [3.63, 3.8) is 0 Å². The van der Waals surface area contributed by atoms with E-state index in [4.69, 9.17) is 0 Å². The Morgan fingerprint density at radius 1 is 0.621 bits per heavy atom. The molecule has 0 saturated carbocycles. The topological polar surface area (TPSA) is 9.37 Å². The molecule has 1 aromatic heterocycles. The van der Waals surface area contributed by atoms with Gasteiger partial charge in [0.2, 0.25) is 0 Å². The maximum absolute atomic E-state index is 14.1. The van der Waals surface area contributed by atoms with Crippen molar-refractivity contribution in [2.24, 2.45) is 0 Å². The van der Waals surface area contributed by atoms with Crippen LogP contribution in [0.1, 0.15) is 22.4 Å². The highest BCUT2D eigenvalue weighted by Crippen LogP contribution is 2.11. The summed E-state index contributed by atoms with van der Waals surface area (Å²) in [5, 5.41) is 0. The van der Waals surface area contributed by atoms with Crippen LogP contribution in [0.15, 0.2) is 103 Å². The molecule has 0 aliphatic rings. The van der Waals surface area contributed by atoms with E-state index >= 15 is 0 Å². The highest BCUT2D eigenvalue weighted by Gasteiger charge is 2.15. The molecule has 0 spiro atoms. The van der Waals surface area contributed by atoms with Gasteiger partial charge in [0.25, 0.3) is 0 Å².